The van der Waals surface area contributed by atoms with E-state index in [0.29, 0.717) is 27.5 Å². The van der Waals surface area contributed by atoms with Crippen molar-refractivity contribution in [2.75, 3.05) is 12.4 Å². The molecule has 1 aromatic heterocycles. The Hall–Kier alpha value is -3.90. The number of ketones is 1. The zero-order valence-electron chi connectivity index (χ0n) is 17.2. The molecule has 0 unspecified atom stereocenters. The van der Waals surface area contributed by atoms with Gasteiger partial charge in [-0.05, 0) is 42.5 Å². The smallest absolute Gasteiger partial charge is 0.244 e. The maximum Gasteiger partial charge on any atom is 0.244 e. The average Bonchev–Trinajstić information content (AvgIpc) is 2.81. The van der Waals surface area contributed by atoms with Gasteiger partial charge in [-0.3, -0.25) is 14.4 Å². The van der Waals surface area contributed by atoms with Crippen LogP contribution in [0.2, 0.25) is 5.02 Å². The maximum atomic E-state index is 13.1. The number of benzene rings is 3. The molecule has 4 aromatic rings. The van der Waals surface area contributed by atoms with Crippen molar-refractivity contribution < 1.29 is 14.3 Å². The number of rotatable bonds is 6. The van der Waals surface area contributed by atoms with E-state index >= 15 is 0 Å². The predicted octanol–water partition coefficient (Wildman–Crippen LogP) is 4.53. The molecular formula is C25H19ClN2O4. The predicted molar refractivity (Wildman–Crippen MR) is 125 cm³/mol. The van der Waals surface area contributed by atoms with Crippen LogP contribution in [0.15, 0.2) is 83.8 Å². The number of pyridine rings is 1. The molecule has 0 aliphatic heterocycles. The van der Waals surface area contributed by atoms with E-state index in [9.17, 15) is 14.4 Å². The molecule has 7 heteroatoms. The highest BCUT2D eigenvalue weighted by Gasteiger charge is 2.18. The molecule has 0 aliphatic carbocycles. The third-order valence-corrected chi connectivity index (χ3v) is 5.25. The van der Waals surface area contributed by atoms with Crippen LogP contribution in [0.25, 0.3) is 10.9 Å². The summed E-state index contributed by atoms with van der Waals surface area (Å²) < 4.78 is 6.71. The van der Waals surface area contributed by atoms with E-state index in [1.54, 1.807) is 78.4 Å². The van der Waals surface area contributed by atoms with Crippen LogP contribution in [0.5, 0.6) is 5.75 Å². The zero-order chi connectivity index (χ0) is 22.7. The van der Waals surface area contributed by atoms with Crippen molar-refractivity contribution in [2.45, 2.75) is 6.54 Å². The SMILES string of the molecule is COc1ccc(NC(=O)Cn2cc(C(=O)c3ccccc3)c(=O)c3cc(Cl)ccc32)cc1. The Kier molecular flexibility index (Phi) is 6.05. The van der Waals surface area contributed by atoms with E-state index in [1.807, 2.05) is 0 Å². The molecule has 1 heterocycles. The van der Waals surface area contributed by atoms with Gasteiger partial charge in [-0.1, -0.05) is 41.9 Å². The molecule has 32 heavy (non-hydrogen) atoms. The molecule has 160 valence electrons. The molecule has 4 rings (SSSR count). The number of halogens is 1. The highest BCUT2D eigenvalue weighted by molar-refractivity contribution is 6.31. The van der Waals surface area contributed by atoms with E-state index in [4.69, 9.17) is 16.3 Å². The minimum absolute atomic E-state index is 0.0248. The minimum atomic E-state index is -0.428. The summed E-state index contributed by atoms with van der Waals surface area (Å²) in [5.74, 6) is -0.0506. The fraction of sp³-hybridized carbons (Fsp3) is 0.0800. The van der Waals surface area contributed by atoms with Gasteiger partial charge in [-0.2, -0.15) is 0 Å². The number of carbonyl (C=O) groups is 2. The van der Waals surface area contributed by atoms with Gasteiger partial charge in [0.1, 0.15) is 12.3 Å². The Morgan fingerprint density at radius 3 is 2.41 bits per heavy atom. The van der Waals surface area contributed by atoms with Crippen LogP contribution in [-0.4, -0.2) is 23.4 Å². The van der Waals surface area contributed by atoms with Gasteiger partial charge in [0, 0.05) is 27.9 Å². The minimum Gasteiger partial charge on any atom is -0.497 e. The number of carbonyl (C=O) groups excluding carboxylic acids is 2. The summed E-state index contributed by atoms with van der Waals surface area (Å²) in [6.07, 6.45) is 1.43. The molecule has 0 radical (unpaired) electrons. The molecule has 0 atom stereocenters. The number of methoxy groups -OCH3 is 1. The number of amides is 1. The number of anilines is 1. The molecule has 6 nitrogen and oxygen atoms in total. The molecule has 0 spiro atoms. The van der Waals surface area contributed by atoms with Crippen LogP contribution in [-0.2, 0) is 11.3 Å². The molecule has 0 saturated carbocycles. The molecule has 0 aliphatic rings. The second kappa shape index (κ2) is 9.08. The first-order valence-electron chi connectivity index (χ1n) is 9.82. The lowest BCUT2D eigenvalue weighted by molar-refractivity contribution is -0.116. The highest BCUT2D eigenvalue weighted by Crippen LogP contribution is 2.20. The first kappa shape index (κ1) is 21.3. The van der Waals surface area contributed by atoms with Gasteiger partial charge in [0.2, 0.25) is 11.3 Å². The van der Waals surface area contributed by atoms with Crippen LogP contribution < -0.4 is 15.5 Å². The number of hydrogen-bond donors (Lipinski definition) is 1. The average molecular weight is 447 g/mol. The standard InChI is InChI=1S/C25H19ClN2O4/c1-32-19-10-8-18(9-11-19)27-23(29)15-28-14-21(24(30)16-5-3-2-4-6-16)25(31)20-13-17(26)7-12-22(20)28/h2-14H,15H2,1H3,(H,27,29). The number of nitrogens with zero attached hydrogens (tertiary/aromatic N) is 1. The fourth-order valence-electron chi connectivity index (χ4n) is 3.44. The summed E-state index contributed by atoms with van der Waals surface area (Å²) in [4.78, 5) is 38.8. The van der Waals surface area contributed by atoms with E-state index in [0.717, 1.165) is 0 Å². The van der Waals surface area contributed by atoms with E-state index < -0.39 is 11.2 Å². The van der Waals surface area contributed by atoms with Crippen LogP contribution in [0.3, 0.4) is 0 Å². The zero-order valence-corrected chi connectivity index (χ0v) is 17.9. The summed E-state index contributed by atoms with van der Waals surface area (Å²) in [6.45, 7) is -0.0977. The second-order valence-electron chi connectivity index (χ2n) is 7.13. The third-order valence-electron chi connectivity index (χ3n) is 5.01. The summed E-state index contributed by atoms with van der Waals surface area (Å²) in [6, 6.07) is 20.3. The first-order valence-corrected chi connectivity index (χ1v) is 10.2. The number of nitrogens with one attached hydrogen (secondary N) is 1. The first-order chi connectivity index (χ1) is 15.5. The Balaban J connectivity index is 1.72. The Morgan fingerprint density at radius 2 is 1.72 bits per heavy atom. The molecule has 1 N–H and O–H groups in total. The van der Waals surface area contributed by atoms with Crippen molar-refractivity contribution in [3.8, 4) is 5.75 Å². The third kappa shape index (κ3) is 4.40. The van der Waals surface area contributed by atoms with Crippen molar-refractivity contribution in [3.63, 3.8) is 0 Å². The van der Waals surface area contributed by atoms with E-state index in [1.165, 1.54) is 12.3 Å². The lowest BCUT2D eigenvalue weighted by Crippen LogP contribution is -2.24. The van der Waals surface area contributed by atoms with Gasteiger partial charge in [-0.25, -0.2) is 0 Å². The van der Waals surface area contributed by atoms with Crippen molar-refractivity contribution in [1.82, 2.24) is 4.57 Å². The van der Waals surface area contributed by atoms with Crippen molar-refractivity contribution in [3.05, 3.63) is 105 Å². The largest absolute Gasteiger partial charge is 0.497 e. The Bertz CT molecular complexity index is 1360. The van der Waals surface area contributed by atoms with Gasteiger partial charge in [0.25, 0.3) is 0 Å². The van der Waals surface area contributed by atoms with Gasteiger partial charge in [0.15, 0.2) is 5.78 Å². The fourth-order valence-corrected chi connectivity index (χ4v) is 3.61. The van der Waals surface area contributed by atoms with Gasteiger partial charge in [-0.15, -0.1) is 0 Å². The summed E-state index contributed by atoms with van der Waals surface area (Å²) in [7, 11) is 1.57. The maximum absolute atomic E-state index is 13.1. The van der Waals surface area contributed by atoms with Crippen LogP contribution >= 0.6 is 11.6 Å². The lowest BCUT2D eigenvalue weighted by atomic mass is 10.0. The summed E-state index contributed by atoms with van der Waals surface area (Å²) in [5, 5.41) is 3.45. The molecule has 0 saturated heterocycles. The summed E-state index contributed by atoms with van der Waals surface area (Å²) in [5.41, 5.74) is 1.05. The Labute approximate surface area is 189 Å². The van der Waals surface area contributed by atoms with E-state index in [-0.39, 0.29) is 23.4 Å². The van der Waals surface area contributed by atoms with Crippen LogP contribution in [0, 0.1) is 0 Å². The van der Waals surface area contributed by atoms with Crippen molar-refractivity contribution in [2.24, 2.45) is 0 Å². The van der Waals surface area contributed by atoms with Gasteiger partial charge < -0.3 is 14.6 Å². The number of fused-ring (bicyclic) bond motifs is 1. The van der Waals surface area contributed by atoms with Gasteiger partial charge in [0.05, 0.1) is 18.2 Å². The lowest BCUT2D eigenvalue weighted by Gasteiger charge is -2.14. The number of ether oxygens (including phenoxy) is 1. The van der Waals surface area contributed by atoms with Gasteiger partial charge >= 0.3 is 0 Å². The van der Waals surface area contributed by atoms with Crippen molar-refractivity contribution in [1.29, 1.82) is 0 Å². The van der Waals surface area contributed by atoms with Crippen LogP contribution in [0.4, 0.5) is 5.69 Å². The molecule has 3 aromatic carbocycles. The topological polar surface area (TPSA) is 77.4 Å². The molecule has 1 amide bonds. The quantitative estimate of drug-likeness (QED) is 0.441. The summed E-state index contributed by atoms with van der Waals surface area (Å²) >= 11 is 6.11. The Morgan fingerprint density at radius 1 is 1.00 bits per heavy atom. The van der Waals surface area contributed by atoms with Crippen LogP contribution in [0.1, 0.15) is 15.9 Å². The number of hydrogen-bond acceptors (Lipinski definition) is 4. The highest BCUT2D eigenvalue weighted by atomic mass is 35.5. The molecule has 0 bridgehead atoms. The normalized spacial score (nSPS) is 10.7. The molecule has 0 fully saturated rings. The second-order valence-corrected chi connectivity index (χ2v) is 7.57. The van der Waals surface area contributed by atoms with E-state index in [2.05, 4.69) is 5.32 Å². The van der Waals surface area contributed by atoms with Crippen molar-refractivity contribution >= 4 is 39.9 Å². The molecular weight excluding hydrogens is 428 g/mol. The monoisotopic (exact) mass is 446 g/mol. The number of aromatic nitrogens is 1.